The van der Waals surface area contributed by atoms with Gasteiger partial charge >= 0.3 is 0 Å². The lowest BCUT2D eigenvalue weighted by Gasteiger charge is -2.16. The molecule has 1 aromatic carbocycles. The molecule has 0 aliphatic rings. The third-order valence-electron chi connectivity index (χ3n) is 3.48. The minimum absolute atomic E-state index is 0.00914. The molecule has 104 valence electrons. The minimum Gasteiger partial charge on any atom is -0.325 e. The Hall–Kier alpha value is -1.39. The van der Waals surface area contributed by atoms with Crippen molar-refractivity contribution in [1.82, 2.24) is 14.5 Å². The molecule has 1 unspecified atom stereocenters. The lowest BCUT2D eigenvalue weighted by Crippen LogP contribution is -2.22. The van der Waals surface area contributed by atoms with E-state index in [1.165, 1.54) is 11.1 Å². The molecule has 2 aromatic rings. The molecule has 19 heavy (non-hydrogen) atoms. The number of fused-ring (bicyclic) bond motifs is 1. The van der Waals surface area contributed by atoms with Gasteiger partial charge in [0.25, 0.3) is 0 Å². The van der Waals surface area contributed by atoms with E-state index in [-0.39, 0.29) is 6.04 Å². The lowest BCUT2D eigenvalue weighted by atomic mass is 10.2. The zero-order valence-electron chi connectivity index (χ0n) is 12.3. The molecular weight excluding hydrogens is 236 g/mol. The van der Waals surface area contributed by atoms with Crippen LogP contribution in [0.25, 0.3) is 11.0 Å². The molecule has 1 aromatic heterocycles. The Morgan fingerprint density at radius 2 is 2.11 bits per heavy atom. The smallest absolute Gasteiger partial charge is 0.126 e. The van der Waals surface area contributed by atoms with Gasteiger partial charge in [0, 0.05) is 13.1 Å². The first-order valence-electron chi connectivity index (χ1n) is 6.90. The molecule has 1 heterocycles. The molecule has 0 radical (unpaired) electrons. The second-order valence-corrected chi connectivity index (χ2v) is 5.43. The Morgan fingerprint density at radius 1 is 1.37 bits per heavy atom. The second kappa shape index (κ2) is 5.72. The average molecular weight is 260 g/mol. The fourth-order valence-electron chi connectivity index (χ4n) is 2.26. The maximum Gasteiger partial charge on any atom is 0.126 e. The molecule has 0 saturated heterocycles. The van der Waals surface area contributed by atoms with Crippen LogP contribution in [-0.4, -0.2) is 35.1 Å². The second-order valence-electron chi connectivity index (χ2n) is 5.43. The van der Waals surface area contributed by atoms with Crippen LogP contribution in [0.3, 0.4) is 0 Å². The normalized spacial score (nSPS) is 13.4. The molecular formula is C15H24N4. The van der Waals surface area contributed by atoms with Gasteiger partial charge in [-0.2, -0.15) is 0 Å². The van der Waals surface area contributed by atoms with Crippen molar-refractivity contribution in [2.45, 2.75) is 32.9 Å². The van der Waals surface area contributed by atoms with E-state index in [4.69, 9.17) is 10.7 Å². The van der Waals surface area contributed by atoms with E-state index in [1.807, 2.05) is 0 Å². The van der Waals surface area contributed by atoms with Gasteiger partial charge in [0.15, 0.2) is 0 Å². The van der Waals surface area contributed by atoms with Gasteiger partial charge in [0.05, 0.1) is 17.1 Å². The number of rotatable bonds is 5. The van der Waals surface area contributed by atoms with Crippen molar-refractivity contribution in [1.29, 1.82) is 0 Å². The predicted octanol–water partition coefficient (Wildman–Crippen LogP) is 2.32. The molecule has 0 amide bonds. The van der Waals surface area contributed by atoms with Gasteiger partial charge in [-0.05, 0) is 45.1 Å². The van der Waals surface area contributed by atoms with Crippen molar-refractivity contribution in [3.05, 3.63) is 29.6 Å². The third kappa shape index (κ3) is 2.96. The van der Waals surface area contributed by atoms with Gasteiger partial charge in [-0.1, -0.05) is 13.0 Å². The first-order chi connectivity index (χ1) is 9.02. The fraction of sp³-hybridized carbons (Fsp3) is 0.533. The summed E-state index contributed by atoms with van der Waals surface area (Å²) in [7, 11) is 4.17. The van der Waals surface area contributed by atoms with E-state index in [0.717, 1.165) is 30.9 Å². The zero-order valence-corrected chi connectivity index (χ0v) is 12.3. The van der Waals surface area contributed by atoms with E-state index < -0.39 is 0 Å². The van der Waals surface area contributed by atoms with Crippen LogP contribution >= 0.6 is 0 Å². The summed E-state index contributed by atoms with van der Waals surface area (Å²) in [5.41, 5.74) is 9.68. The molecule has 4 heteroatoms. The number of nitrogens with two attached hydrogens (primary N) is 1. The molecule has 0 spiro atoms. The summed E-state index contributed by atoms with van der Waals surface area (Å²) >= 11 is 0. The third-order valence-corrected chi connectivity index (χ3v) is 3.48. The summed E-state index contributed by atoms with van der Waals surface area (Å²) in [6, 6.07) is 6.43. The highest BCUT2D eigenvalue weighted by Crippen LogP contribution is 2.22. The Morgan fingerprint density at radius 3 is 2.74 bits per heavy atom. The molecule has 0 fully saturated rings. The average Bonchev–Trinajstić information content (AvgIpc) is 2.72. The highest BCUT2D eigenvalue weighted by atomic mass is 15.1. The van der Waals surface area contributed by atoms with Crippen LogP contribution in [-0.2, 0) is 6.54 Å². The summed E-state index contributed by atoms with van der Waals surface area (Å²) in [6.45, 7) is 6.11. The van der Waals surface area contributed by atoms with Crippen molar-refractivity contribution < 1.29 is 0 Å². The van der Waals surface area contributed by atoms with Gasteiger partial charge in [0.2, 0.25) is 0 Å². The number of hydrogen-bond donors (Lipinski definition) is 1. The van der Waals surface area contributed by atoms with Crippen LogP contribution in [0.2, 0.25) is 0 Å². The highest BCUT2D eigenvalue weighted by Gasteiger charge is 2.15. The first kappa shape index (κ1) is 14.0. The van der Waals surface area contributed by atoms with Crippen molar-refractivity contribution in [2.24, 2.45) is 5.73 Å². The largest absolute Gasteiger partial charge is 0.325 e. The number of nitrogens with zero attached hydrogens (tertiary/aromatic N) is 3. The summed E-state index contributed by atoms with van der Waals surface area (Å²) in [5.74, 6) is 1.00. The van der Waals surface area contributed by atoms with Gasteiger partial charge < -0.3 is 15.2 Å². The molecule has 2 rings (SSSR count). The highest BCUT2D eigenvalue weighted by molar-refractivity contribution is 5.77. The van der Waals surface area contributed by atoms with E-state index in [1.54, 1.807) is 0 Å². The van der Waals surface area contributed by atoms with Gasteiger partial charge in [-0.3, -0.25) is 0 Å². The maximum atomic E-state index is 6.21. The van der Waals surface area contributed by atoms with E-state index in [9.17, 15) is 0 Å². The number of likely N-dealkylation sites (N-methyl/N-ethyl adjacent to an activating group) is 1. The summed E-state index contributed by atoms with van der Waals surface area (Å²) in [6.07, 6.45) is 0.907. The monoisotopic (exact) mass is 260 g/mol. The van der Waals surface area contributed by atoms with E-state index >= 15 is 0 Å². The van der Waals surface area contributed by atoms with Gasteiger partial charge in [-0.15, -0.1) is 0 Å². The van der Waals surface area contributed by atoms with Gasteiger partial charge in [-0.25, -0.2) is 4.98 Å². The number of benzene rings is 1. The fourth-order valence-corrected chi connectivity index (χ4v) is 2.26. The van der Waals surface area contributed by atoms with Crippen LogP contribution in [0.1, 0.15) is 30.8 Å². The van der Waals surface area contributed by atoms with Crippen molar-refractivity contribution in [3.8, 4) is 0 Å². The molecule has 4 nitrogen and oxygen atoms in total. The van der Waals surface area contributed by atoms with E-state index in [2.05, 4.69) is 55.6 Å². The quantitative estimate of drug-likeness (QED) is 0.897. The van der Waals surface area contributed by atoms with Crippen molar-refractivity contribution in [3.63, 3.8) is 0 Å². The Labute approximate surface area is 115 Å². The Balaban J connectivity index is 2.48. The molecule has 0 saturated carbocycles. The van der Waals surface area contributed by atoms with Crippen LogP contribution in [0.5, 0.6) is 0 Å². The predicted molar refractivity (Wildman–Crippen MR) is 80.2 cm³/mol. The lowest BCUT2D eigenvalue weighted by molar-refractivity contribution is 0.380. The zero-order chi connectivity index (χ0) is 14.0. The van der Waals surface area contributed by atoms with Crippen LogP contribution in [0.15, 0.2) is 18.2 Å². The molecule has 0 aliphatic carbocycles. The molecule has 0 bridgehead atoms. The Kier molecular flexibility index (Phi) is 4.22. The summed E-state index contributed by atoms with van der Waals surface area (Å²) in [4.78, 5) is 6.92. The SMILES string of the molecule is CCC(N)c1nc2cc(C)ccc2n1CCN(C)C. The van der Waals surface area contributed by atoms with Gasteiger partial charge in [0.1, 0.15) is 5.82 Å². The van der Waals surface area contributed by atoms with E-state index in [0.29, 0.717) is 0 Å². The van der Waals surface area contributed by atoms with Crippen LogP contribution in [0, 0.1) is 6.92 Å². The first-order valence-corrected chi connectivity index (χ1v) is 6.90. The number of imidazole rings is 1. The number of hydrogen-bond acceptors (Lipinski definition) is 3. The standard InChI is InChI=1S/C15H24N4/c1-5-12(16)15-17-13-10-11(2)6-7-14(13)19(15)9-8-18(3)4/h6-7,10,12H,5,8-9,16H2,1-4H3. The molecule has 2 N–H and O–H groups in total. The molecule has 1 atom stereocenters. The Bertz CT molecular complexity index is 557. The number of aryl methyl sites for hydroxylation is 1. The summed E-state index contributed by atoms with van der Waals surface area (Å²) in [5, 5.41) is 0. The number of aromatic nitrogens is 2. The maximum absolute atomic E-state index is 6.21. The minimum atomic E-state index is 0.00914. The topological polar surface area (TPSA) is 47.1 Å². The summed E-state index contributed by atoms with van der Waals surface area (Å²) < 4.78 is 2.27. The van der Waals surface area contributed by atoms with Crippen molar-refractivity contribution in [2.75, 3.05) is 20.6 Å². The van der Waals surface area contributed by atoms with Crippen LogP contribution in [0.4, 0.5) is 0 Å². The van der Waals surface area contributed by atoms with Crippen LogP contribution < -0.4 is 5.73 Å². The molecule has 0 aliphatic heterocycles. The van der Waals surface area contributed by atoms with Crippen molar-refractivity contribution >= 4 is 11.0 Å².